The van der Waals surface area contributed by atoms with Gasteiger partial charge in [0.1, 0.15) is 11.6 Å². The van der Waals surface area contributed by atoms with Gasteiger partial charge in [-0.3, -0.25) is 4.79 Å². The fraction of sp³-hybridized carbons (Fsp3) is 0.346. The molecular formula is C26H28FN5O2. The lowest BCUT2D eigenvalue weighted by Gasteiger charge is -2.33. The number of hydrogen-bond donors (Lipinski definition) is 1. The molecule has 0 radical (unpaired) electrons. The molecule has 0 spiro atoms. The lowest BCUT2D eigenvalue weighted by Crippen LogP contribution is -2.41. The molecule has 5 rings (SSSR count). The van der Waals surface area contributed by atoms with Crippen molar-refractivity contribution < 1.29 is 13.9 Å². The second kappa shape index (κ2) is 10.2. The SMILES string of the molecule is O=C(Nc1ccc(N2CCOCC2)cc1)[C@H]1CCCN(c2ccnc(-c3ccc(F)cc3)n2)C1. The molecule has 2 aliphatic heterocycles. The van der Waals surface area contributed by atoms with Gasteiger partial charge in [0.25, 0.3) is 0 Å². The molecule has 0 aliphatic carbocycles. The summed E-state index contributed by atoms with van der Waals surface area (Å²) >= 11 is 0. The van der Waals surface area contributed by atoms with Gasteiger partial charge in [-0.05, 0) is 67.4 Å². The van der Waals surface area contributed by atoms with E-state index in [1.54, 1.807) is 18.3 Å². The van der Waals surface area contributed by atoms with Crippen LogP contribution in [0.4, 0.5) is 21.6 Å². The number of ether oxygens (including phenoxy) is 1. The Morgan fingerprint density at radius 3 is 2.50 bits per heavy atom. The number of rotatable bonds is 5. The highest BCUT2D eigenvalue weighted by molar-refractivity contribution is 5.93. The minimum atomic E-state index is -0.291. The highest BCUT2D eigenvalue weighted by atomic mass is 19.1. The van der Waals surface area contributed by atoms with Crippen LogP contribution < -0.4 is 15.1 Å². The maximum atomic E-state index is 13.3. The van der Waals surface area contributed by atoms with E-state index in [9.17, 15) is 9.18 Å². The third-order valence-electron chi connectivity index (χ3n) is 6.37. The Labute approximate surface area is 198 Å². The number of anilines is 3. The molecule has 3 heterocycles. The maximum Gasteiger partial charge on any atom is 0.229 e. The first-order valence-corrected chi connectivity index (χ1v) is 11.7. The number of benzene rings is 2. The Kier molecular flexibility index (Phi) is 6.67. The number of carbonyl (C=O) groups excluding carboxylic acids is 1. The van der Waals surface area contributed by atoms with Crippen LogP contribution in [-0.4, -0.2) is 55.3 Å². The van der Waals surface area contributed by atoms with Crippen LogP contribution >= 0.6 is 0 Å². The molecule has 3 aromatic rings. The Hall–Kier alpha value is -3.52. The number of hydrogen-bond acceptors (Lipinski definition) is 6. The Morgan fingerprint density at radius 2 is 1.74 bits per heavy atom. The number of amides is 1. The fourth-order valence-corrected chi connectivity index (χ4v) is 4.48. The van der Waals surface area contributed by atoms with E-state index in [0.29, 0.717) is 12.4 Å². The van der Waals surface area contributed by atoms with Crippen LogP contribution in [0, 0.1) is 11.7 Å². The van der Waals surface area contributed by atoms with Crippen molar-refractivity contribution in [2.24, 2.45) is 5.92 Å². The fourth-order valence-electron chi connectivity index (χ4n) is 4.48. The van der Waals surface area contributed by atoms with Crippen molar-refractivity contribution >= 4 is 23.1 Å². The van der Waals surface area contributed by atoms with Gasteiger partial charge in [-0.25, -0.2) is 14.4 Å². The van der Waals surface area contributed by atoms with Gasteiger partial charge in [0, 0.05) is 49.3 Å². The minimum absolute atomic E-state index is 0.0247. The van der Waals surface area contributed by atoms with Crippen molar-refractivity contribution in [3.63, 3.8) is 0 Å². The van der Waals surface area contributed by atoms with Crippen molar-refractivity contribution in [2.75, 3.05) is 54.5 Å². The molecule has 2 saturated heterocycles. The number of carbonyl (C=O) groups is 1. The lowest BCUT2D eigenvalue weighted by atomic mass is 9.97. The van der Waals surface area contributed by atoms with E-state index in [1.807, 2.05) is 30.3 Å². The average molecular weight is 462 g/mol. The first kappa shape index (κ1) is 22.3. The lowest BCUT2D eigenvalue weighted by molar-refractivity contribution is -0.120. The van der Waals surface area contributed by atoms with Crippen LogP contribution in [0.3, 0.4) is 0 Å². The molecule has 2 fully saturated rings. The van der Waals surface area contributed by atoms with E-state index in [-0.39, 0.29) is 17.6 Å². The predicted molar refractivity (Wildman–Crippen MR) is 130 cm³/mol. The Morgan fingerprint density at radius 1 is 0.971 bits per heavy atom. The van der Waals surface area contributed by atoms with Crippen LogP contribution in [0.25, 0.3) is 11.4 Å². The Balaban J connectivity index is 1.22. The summed E-state index contributed by atoms with van der Waals surface area (Å²) in [6.07, 6.45) is 3.45. The summed E-state index contributed by atoms with van der Waals surface area (Å²) < 4.78 is 18.7. The number of nitrogens with zero attached hydrogens (tertiary/aromatic N) is 4. The summed E-state index contributed by atoms with van der Waals surface area (Å²) in [5.74, 6) is 0.931. The van der Waals surface area contributed by atoms with Crippen LogP contribution in [0.2, 0.25) is 0 Å². The molecule has 1 aromatic heterocycles. The zero-order valence-electron chi connectivity index (χ0n) is 19.0. The monoisotopic (exact) mass is 461 g/mol. The van der Waals surface area contributed by atoms with Crippen LogP contribution in [-0.2, 0) is 9.53 Å². The molecule has 7 nitrogen and oxygen atoms in total. The van der Waals surface area contributed by atoms with Crippen molar-refractivity contribution in [2.45, 2.75) is 12.8 Å². The average Bonchev–Trinajstić information content (AvgIpc) is 2.90. The standard InChI is InChI=1S/C26H28FN5O2/c27-21-5-3-19(4-6-21)25-28-12-11-24(30-25)32-13-1-2-20(18-32)26(33)29-22-7-9-23(10-8-22)31-14-16-34-17-15-31/h3-12,20H,1-2,13-18H2,(H,29,33)/t20-/m0/s1. The first-order chi connectivity index (χ1) is 16.7. The normalized spacial score (nSPS) is 18.6. The molecule has 176 valence electrons. The summed E-state index contributed by atoms with van der Waals surface area (Å²) in [7, 11) is 0. The molecule has 2 aliphatic rings. The van der Waals surface area contributed by atoms with Gasteiger partial charge in [-0.1, -0.05) is 0 Å². The summed E-state index contributed by atoms with van der Waals surface area (Å²) in [5.41, 5.74) is 2.71. The van der Waals surface area contributed by atoms with Gasteiger partial charge in [0.15, 0.2) is 5.82 Å². The summed E-state index contributed by atoms with van der Waals surface area (Å²) in [4.78, 5) is 26.4. The third-order valence-corrected chi connectivity index (χ3v) is 6.37. The van der Waals surface area contributed by atoms with E-state index in [1.165, 1.54) is 12.1 Å². The number of aromatic nitrogens is 2. The predicted octanol–water partition coefficient (Wildman–Crippen LogP) is 3.97. The summed E-state index contributed by atoms with van der Waals surface area (Å²) in [6.45, 7) is 4.68. The summed E-state index contributed by atoms with van der Waals surface area (Å²) in [6, 6.07) is 16.0. The molecule has 1 N–H and O–H groups in total. The van der Waals surface area contributed by atoms with Gasteiger partial charge in [-0.2, -0.15) is 0 Å². The first-order valence-electron chi connectivity index (χ1n) is 11.7. The van der Waals surface area contributed by atoms with E-state index in [2.05, 4.69) is 25.1 Å². The second-order valence-corrected chi connectivity index (χ2v) is 8.67. The highest BCUT2D eigenvalue weighted by Gasteiger charge is 2.27. The van der Waals surface area contributed by atoms with Crippen molar-refractivity contribution in [1.29, 1.82) is 0 Å². The van der Waals surface area contributed by atoms with Crippen LogP contribution in [0.1, 0.15) is 12.8 Å². The Bertz CT molecular complexity index is 1120. The van der Waals surface area contributed by atoms with E-state index >= 15 is 0 Å². The molecule has 8 heteroatoms. The van der Waals surface area contributed by atoms with Gasteiger partial charge in [0.2, 0.25) is 5.91 Å². The van der Waals surface area contributed by atoms with Gasteiger partial charge >= 0.3 is 0 Å². The van der Waals surface area contributed by atoms with Crippen molar-refractivity contribution in [3.05, 3.63) is 66.6 Å². The number of piperidine rings is 1. The molecule has 0 saturated carbocycles. The highest BCUT2D eigenvalue weighted by Crippen LogP contribution is 2.25. The zero-order valence-corrected chi connectivity index (χ0v) is 19.0. The molecule has 0 unspecified atom stereocenters. The van der Waals surface area contributed by atoms with Crippen molar-refractivity contribution in [1.82, 2.24) is 9.97 Å². The van der Waals surface area contributed by atoms with Gasteiger partial charge in [-0.15, -0.1) is 0 Å². The number of nitrogens with one attached hydrogen (secondary N) is 1. The molecule has 0 bridgehead atoms. The molecular weight excluding hydrogens is 433 g/mol. The number of morpholine rings is 1. The number of halogens is 1. The second-order valence-electron chi connectivity index (χ2n) is 8.67. The smallest absolute Gasteiger partial charge is 0.229 e. The maximum absolute atomic E-state index is 13.3. The van der Waals surface area contributed by atoms with Crippen molar-refractivity contribution in [3.8, 4) is 11.4 Å². The third kappa shape index (κ3) is 5.17. The molecule has 1 amide bonds. The molecule has 2 aromatic carbocycles. The van der Waals surface area contributed by atoms with E-state index in [0.717, 1.165) is 68.4 Å². The zero-order chi connectivity index (χ0) is 23.3. The molecule has 1 atom stereocenters. The summed E-state index contributed by atoms with van der Waals surface area (Å²) in [5, 5.41) is 3.08. The van der Waals surface area contributed by atoms with Gasteiger partial charge < -0.3 is 19.9 Å². The van der Waals surface area contributed by atoms with E-state index < -0.39 is 0 Å². The van der Waals surface area contributed by atoms with E-state index in [4.69, 9.17) is 4.74 Å². The quantitative estimate of drug-likeness (QED) is 0.620. The van der Waals surface area contributed by atoms with Crippen LogP contribution in [0.5, 0.6) is 0 Å². The topological polar surface area (TPSA) is 70.6 Å². The minimum Gasteiger partial charge on any atom is -0.378 e. The largest absolute Gasteiger partial charge is 0.378 e. The molecule has 34 heavy (non-hydrogen) atoms. The van der Waals surface area contributed by atoms with Crippen LogP contribution in [0.15, 0.2) is 60.8 Å². The van der Waals surface area contributed by atoms with Gasteiger partial charge in [0.05, 0.1) is 19.1 Å².